The van der Waals surface area contributed by atoms with Crippen molar-refractivity contribution in [1.82, 2.24) is 4.23 Å². The van der Waals surface area contributed by atoms with Gasteiger partial charge in [0.15, 0.2) is 0 Å². The van der Waals surface area contributed by atoms with Crippen molar-refractivity contribution in [1.29, 1.82) is 0 Å². The molecular weight excluding hydrogens is 142 g/mol. The molecule has 0 heterocycles. The summed E-state index contributed by atoms with van der Waals surface area (Å²) in [5.41, 5.74) is 0. The highest BCUT2D eigenvalue weighted by Gasteiger charge is 1.88. The number of rotatable bonds is 5. The molecule has 0 fully saturated rings. The van der Waals surface area contributed by atoms with E-state index in [4.69, 9.17) is 0 Å². The molecule has 0 spiro atoms. The number of unbranched alkanes of at least 4 members (excludes halogenated alkanes) is 3. The molecule has 0 atom stereocenters. The van der Waals surface area contributed by atoms with E-state index >= 15 is 0 Å². The van der Waals surface area contributed by atoms with E-state index < -0.39 is 0 Å². The van der Waals surface area contributed by atoms with E-state index in [-0.39, 0.29) is 0 Å². The van der Waals surface area contributed by atoms with Crippen molar-refractivity contribution < 1.29 is 0 Å². The predicted octanol–water partition coefficient (Wildman–Crippen LogP) is -0.571. The molecule has 9 heavy (non-hydrogen) atoms. The van der Waals surface area contributed by atoms with Gasteiger partial charge in [-0.15, -0.1) is 0 Å². The molecule has 0 bridgehead atoms. The maximum atomic E-state index is 2.52. The van der Waals surface area contributed by atoms with E-state index in [1.165, 1.54) is 53.0 Å². The molecule has 0 aliphatic heterocycles. The van der Waals surface area contributed by atoms with Crippen LogP contribution in [0.25, 0.3) is 0 Å². The van der Waals surface area contributed by atoms with Crippen molar-refractivity contribution in [2.24, 2.45) is 0 Å². The van der Waals surface area contributed by atoms with Crippen LogP contribution in [0.1, 0.15) is 32.6 Å². The summed E-state index contributed by atoms with van der Waals surface area (Å²) < 4.78 is 2.52. The Hall–Kier alpha value is 0.394. The monoisotopic (exact) mass is 161 g/mol. The van der Waals surface area contributed by atoms with Crippen molar-refractivity contribution in [2.45, 2.75) is 32.6 Å². The van der Waals surface area contributed by atoms with Gasteiger partial charge in [-0.25, -0.2) is 0 Å². The zero-order valence-electron chi connectivity index (χ0n) is 6.98. The maximum absolute atomic E-state index is 2.52. The summed E-state index contributed by atoms with van der Waals surface area (Å²) in [6.07, 6.45) is 5.66. The second kappa shape index (κ2) is 6.51. The molecule has 3 heteroatoms. The molecule has 0 radical (unpaired) electrons. The Kier molecular flexibility index (Phi) is 6.80. The summed E-state index contributed by atoms with van der Waals surface area (Å²) in [7, 11) is 2.56. The largest absolute Gasteiger partial charge is 0.360 e. The van der Waals surface area contributed by atoms with Gasteiger partial charge in [-0.05, 0) is 13.0 Å². The molecule has 1 nitrogen and oxygen atoms in total. The van der Waals surface area contributed by atoms with Crippen LogP contribution in [-0.4, -0.2) is 31.6 Å². The first-order chi connectivity index (χ1) is 4.27. The third-order valence-corrected chi connectivity index (χ3v) is 2.35. The van der Waals surface area contributed by atoms with Gasteiger partial charge >= 0.3 is 0 Å². The predicted molar refractivity (Wildman–Crippen MR) is 50.7 cm³/mol. The molecule has 0 N–H and O–H groups in total. The fourth-order valence-electron chi connectivity index (χ4n) is 0.855. The summed E-state index contributed by atoms with van der Waals surface area (Å²) in [5.74, 6) is 0. The molecule has 0 aromatic heterocycles. The van der Waals surface area contributed by atoms with E-state index in [2.05, 4.69) is 11.2 Å². The van der Waals surface area contributed by atoms with E-state index in [0.29, 0.717) is 0 Å². The molecule has 0 aliphatic rings. The van der Waals surface area contributed by atoms with Crippen LogP contribution in [0.3, 0.4) is 0 Å². The summed E-state index contributed by atoms with van der Waals surface area (Å²) >= 11 is 0. The first kappa shape index (κ1) is 9.39. The third kappa shape index (κ3) is 8.39. The van der Waals surface area contributed by atoms with Gasteiger partial charge in [-0.2, -0.15) is 0 Å². The Morgan fingerprint density at radius 2 is 1.78 bits per heavy atom. The van der Waals surface area contributed by atoms with Crippen LogP contribution in [0.2, 0.25) is 0 Å². The fourth-order valence-corrected chi connectivity index (χ4v) is 1.49. The Balaban J connectivity index is 2.75. The molecule has 0 saturated carbocycles. The summed E-state index contributed by atoms with van der Waals surface area (Å²) in [6, 6.07) is 0. The van der Waals surface area contributed by atoms with Gasteiger partial charge in [0.05, 0.1) is 20.8 Å². The number of hydrogen-bond donors (Lipinski definition) is 0. The lowest BCUT2D eigenvalue weighted by Crippen LogP contribution is -2.16. The van der Waals surface area contributed by atoms with Gasteiger partial charge in [0.1, 0.15) is 0 Å². The molecule has 0 aromatic rings. The van der Waals surface area contributed by atoms with E-state index in [0.717, 1.165) is 0 Å². The van der Waals surface area contributed by atoms with Crippen molar-refractivity contribution >= 4 is 20.8 Å². The van der Waals surface area contributed by atoms with Gasteiger partial charge in [0.2, 0.25) is 0 Å². The van der Waals surface area contributed by atoms with Crippen molar-refractivity contribution in [2.75, 3.05) is 6.54 Å². The zero-order chi connectivity index (χ0) is 7.11. The van der Waals surface area contributed by atoms with Crippen molar-refractivity contribution in [3.8, 4) is 0 Å². The minimum Gasteiger partial charge on any atom is -0.360 e. The second-order valence-corrected chi connectivity index (χ2v) is 7.71. The Labute approximate surface area is 64.8 Å². The Bertz CT molecular complexity index is 57.0. The lowest BCUT2D eigenvalue weighted by molar-refractivity contribution is 0.588. The van der Waals surface area contributed by atoms with Crippen LogP contribution in [0.5, 0.6) is 0 Å². The van der Waals surface area contributed by atoms with E-state index in [1.807, 2.05) is 0 Å². The highest BCUT2D eigenvalue weighted by atomic mass is 28.2. The molecular formula is C6H19NSi2. The molecule has 0 aliphatic carbocycles. The van der Waals surface area contributed by atoms with Gasteiger partial charge in [0.25, 0.3) is 0 Å². The second-order valence-electron chi connectivity index (χ2n) is 2.86. The van der Waals surface area contributed by atoms with E-state index in [1.54, 1.807) is 0 Å². The average molecular weight is 161 g/mol. The Morgan fingerprint density at radius 3 is 2.22 bits per heavy atom. The van der Waals surface area contributed by atoms with Crippen LogP contribution < -0.4 is 0 Å². The number of hydrogen-bond acceptors (Lipinski definition) is 1. The average Bonchev–Trinajstić information content (AvgIpc) is 1.80. The standard InChI is InChI=1S/C6H19NSi2/c1-2-3-4-5-6-7(8)9/h2-6H2,1,8-9H3. The lowest BCUT2D eigenvalue weighted by Gasteiger charge is -2.08. The first-order valence-electron chi connectivity index (χ1n) is 3.92. The molecule has 0 aromatic carbocycles. The normalized spacial score (nSPS) is 11.3. The minimum absolute atomic E-state index is 1.28. The van der Waals surface area contributed by atoms with Gasteiger partial charge < -0.3 is 4.23 Å². The fraction of sp³-hybridized carbons (Fsp3) is 1.00. The lowest BCUT2D eigenvalue weighted by atomic mass is 10.2. The summed E-state index contributed by atoms with van der Waals surface area (Å²) in [4.78, 5) is 0. The molecule has 0 unspecified atom stereocenters. The topological polar surface area (TPSA) is 3.24 Å². The van der Waals surface area contributed by atoms with Crippen LogP contribution in [0.15, 0.2) is 0 Å². The quantitative estimate of drug-likeness (QED) is 0.386. The molecule has 56 valence electrons. The molecule has 0 amide bonds. The highest BCUT2D eigenvalue weighted by Crippen LogP contribution is 1.97. The smallest absolute Gasteiger partial charge is 0.0697 e. The summed E-state index contributed by atoms with van der Waals surface area (Å²) in [5, 5.41) is 0. The number of nitrogens with zero attached hydrogens (tertiary/aromatic N) is 1. The molecule has 0 rings (SSSR count). The minimum atomic E-state index is 1.28. The third-order valence-electron chi connectivity index (χ3n) is 1.46. The highest BCUT2D eigenvalue weighted by molar-refractivity contribution is 6.24. The van der Waals surface area contributed by atoms with Crippen molar-refractivity contribution in [3.05, 3.63) is 0 Å². The maximum Gasteiger partial charge on any atom is 0.0697 e. The van der Waals surface area contributed by atoms with Crippen LogP contribution in [-0.2, 0) is 0 Å². The van der Waals surface area contributed by atoms with Crippen LogP contribution in [0, 0.1) is 0 Å². The van der Waals surface area contributed by atoms with Crippen molar-refractivity contribution in [3.63, 3.8) is 0 Å². The molecule has 0 saturated heterocycles. The summed E-state index contributed by atoms with van der Waals surface area (Å²) in [6.45, 7) is 3.64. The van der Waals surface area contributed by atoms with E-state index in [9.17, 15) is 0 Å². The van der Waals surface area contributed by atoms with Crippen LogP contribution >= 0.6 is 0 Å². The first-order valence-corrected chi connectivity index (χ1v) is 5.71. The van der Waals surface area contributed by atoms with Gasteiger partial charge in [-0.1, -0.05) is 26.2 Å². The van der Waals surface area contributed by atoms with Crippen LogP contribution in [0.4, 0.5) is 0 Å². The van der Waals surface area contributed by atoms with Gasteiger partial charge in [-0.3, -0.25) is 0 Å². The van der Waals surface area contributed by atoms with Gasteiger partial charge in [0, 0.05) is 0 Å². The SMILES string of the molecule is CCCCCCN([SiH3])[SiH3]. The Morgan fingerprint density at radius 1 is 1.11 bits per heavy atom. The zero-order valence-corrected chi connectivity index (χ0v) is 11.0.